The molecule has 0 bridgehead atoms. The molecule has 2 N–H and O–H groups in total. The lowest BCUT2D eigenvalue weighted by Crippen LogP contribution is -2.53. The molecular formula is C26H33Cl2N3O2S. The van der Waals surface area contributed by atoms with Crippen molar-refractivity contribution >= 4 is 51.3 Å². The van der Waals surface area contributed by atoms with Crippen LogP contribution in [0.1, 0.15) is 50.1 Å². The van der Waals surface area contributed by atoms with E-state index >= 15 is 0 Å². The summed E-state index contributed by atoms with van der Waals surface area (Å²) in [5, 5.41) is 16.8. The predicted molar refractivity (Wildman–Crippen MR) is 141 cm³/mol. The maximum Gasteiger partial charge on any atom is 0.225 e. The van der Waals surface area contributed by atoms with Gasteiger partial charge in [-0.25, -0.2) is 4.98 Å². The Labute approximate surface area is 216 Å². The number of hydrogen-bond acceptors (Lipinski definition) is 5. The van der Waals surface area contributed by atoms with Gasteiger partial charge in [0, 0.05) is 30.3 Å². The number of thiazole rings is 1. The molecule has 5 nitrogen and oxygen atoms in total. The van der Waals surface area contributed by atoms with Crippen molar-refractivity contribution in [1.82, 2.24) is 9.88 Å². The first kappa shape index (κ1) is 25.5. The summed E-state index contributed by atoms with van der Waals surface area (Å²) in [4.78, 5) is 20.8. The molecule has 1 aromatic heterocycles. The minimum atomic E-state index is -0.561. The fourth-order valence-electron chi connectivity index (χ4n) is 6.14. The Morgan fingerprint density at radius 3 is 2.76 bits per heavy atom. The van der Waals surface area contributed by atoms with Crippen LogP contribution >= 0.6 is 34.5 Å². The standard InChI is InChI=1S/C26H33Cl2N3O2S/c1-6-12-31(5)24(33)14(2)16-10-11-26(4)13-19-21(15(3)20(26)23(16)32)29-25(34-19)30-22-17(27)8-7-9-18(22)28/h6-9,14-16,20,23,32H,1,10-13H2,2-5H3,(H,29,30)/t14-,15-,16-,20+,23-,26-/m0/s1. The lowest BCUT2D eigenvalue weighted by atomic mass is 9.53. The van der Waals surface area contributed by atoms with Crippen LogP contribution in [-0.4, -0.2) is 40.6 Å². The molecule has 1 saturated carbocycles. The van der Waals surface area contributed by atoms with E-state index in [4.69, 9.17) is 28.2 Å². The van der Waals surface area contributed by atoms with Gasteiger partial charge in [-0.15, -0.1) is 17.9 Å². The lowest BCUT2D eigenvalue weighted by molar-refractivity contribution is -0.143. The number of fused-ring (bicyclic) bond motifs is 2. The van der Waals surface area contributed by atoms with Crippen LogP contribution in [0.2, 0.25) is 10.0 Å². The molecule has 1 heterocycles. The first-order chi connectivity index (χ1) is 16.1. The summed E-state index contributed by atoms with van der Waals surface area (Å²) in [7, 11) is 1.80. The monoisotopic (exact) mass is 521 g/mol. The van der Waals surface area contributed by atoms with Crippen LogP contribution in [0, 0.1) is 23.2 Å². The molecule has 0 saturated heterocycles. The van der Waals surface area contributed by atoms with Gasteiger partial charge in [-0.3, -0.25) is 4.79 Å². The second kappa shape index (κ2) is 9.81. The summed E-state index contributed by atoms with van der Waals surface area (Å²) in [5.74, 6) is -0.132. The number of carbonyl (C=O) groups is 1. The normalized spacial score (nSPS) is 29.0. The molecule has 2 aliphatic rings. The second-order valence-corrected chi connectivity index (χ2v) is 12.1. The molecule has 4 rings (SSSR count). The van der Waals surface area contributed by atoms with Crippen molar-refractivity contribution in [3.8, 4) is 0 Å². The third-order valence-electron chi connectivity index (χ3n) is 7.93. The van der Waals surface area contributed by atoms with E-state index in [9.17, 15) is 9.90 Å². The van der Waals surface area contributed by atoms with Crippen LogP contribution < -0.4 is 5.32 Å². The highest BCUT2D eigenvalue weighted by atomic mass is 35.5. The third-order valence-corrected chi connectivity index (χ3v) is 9.54. The van der Waals surface area contributed by atoms with Gasteiger partial charge in [0.05, 0.1) is 27.5 Å². The van der Waals surface area contributed by atoms with E-state index < -0.39 is 6.10 Å². The van der Waals surface area contributed by atoms with Crippen molar-refractivity contribution in [2.75, 3.05) is 18.9 Å². The van der Waals surface area contributed by atoms with Gasteiger partial charge in [0.25, 0.3) is 0 Å². The van der Waals surface area contributed by atoms with Crippen molar-refractivity contribution in [1.29, 1.82) is 0 Å². The van der Waals surface area contributed by atoms with Gasteiger partial charge < -0.3 is 15.3 Å². The minimum absolute atomic E-state index is 0.0377. The number of aliphatic hydroxyl groups excluding tert-OH is 1. The molecule has 184 valence electrons. The number of aliphatic hydroxyl groups is 1. The molecule has 0 spiro atoms. The van der Waals surface area contributed by atoms with Crippen LogP contribution in [0.4, 0.5) is 10.8 Å². The van der Waals surface area contributed by atoms with E-state index in [2.05, 4.69) is 25.7 Å². The molecule has 0 radical (unpaired) electrons. The van der Waals surface area contributed by atoms with Crippen molar-refractivity contribution in [2.24, 2.45) is 23.2 Å². The van der Waals surface area contributed by atoms with Crippen molar-refractivity contribution < 1.29 is 9.90 Å². The van der Waals surface area contributed by atoms with Gasteiger partial charge in [0.2, 0.25) is 5.91 Å². The zero-order chi connectivity index (χ0) is 24.8. The van der Waals surface area contributed by atoms with E-state index in [0.717, 1.165) is 30.1 Å². The SMILES string of the molecule is C=CCN(C)C(=O)[C@@H](C)[C@@H]1CC[C@@]2(C)Cc3sc(Nc4c(Cl)cccc4Cl)nc3[C@@H](C)[C@@H]2[C@H]1O. The van der Waals surface area contributed by atoms with Gasteiger partial charge >= 0.3 is 0 Å². The fourth-order valence-corrected chi connectivity index (χ4v) is 7.90. The molecule has 1 aromatic carbocycles. The Hall–Kier alpha value is -1.60. The first-order valence-corrected chi connectivity index (χ1v) is 13.4. The number of amides is 1. The van der Waals surface area contributed by atoms with E-state index in [1.807, 2.05) is 13.0 Å². The second-order valence-electron chi connectivity index (χ2n) is 10.2. The number of nitrogens with one attached hydrogen (secondary N) is 1. The Kier molecular flexibility index (Phi) is 7.35. The summed E-state index contributed by atoms with van der Waals surface area (Å²) in [6.45, 7) is 10.6. The molecule has 0 unspecified atom stereocenters. The number of benzene rings is 1. The Bertz CT molecular complexity index is 1070. The van der Waals surface area contributed by atoms with Crippen LogP contribution in [0.25, 0.3) is 0 Å². The number of nitrogens with zero attached hydrogens (tertiary/aromatic N) is 2. The highest BCUT2D eigenvalue weighted by molar-refractivity contribution is 7.15. The number of rotatable bonds is 6. The Morgan fingerprint density at radius 1 is 1.44 bits per heavy atom. The number of anilines is 2. The molecule has 1 amide bonds. The fraction of sp³-hybridized carbons (Fsp3) is 0.538. The topological polar surface area (TPSA) is 65.5 Å². The number of halogens is 2. The number of para-hydroxylation sites is 1. The van der Waals surface area contributed by atoms with E-state index in [1.165, 1.54) is 4.88 Å². The summed E-state index contributed by atoms with van der Waals surface area (Å²) < 4.78 is 0. The zero-order valence-electron chi connectivity index (χ0n) is 20.1. The maximum atomic E-state index is 13.0. The molecule has 34 heavy (non-hydrogen) atoms. The summed E-state index contributed by atoms with van der Waals surface area (Å²) in [5.41, 5.74) is 1.65. The number of aromatic nitrogens is 1. The average molecular weight is 523 g/mol. The summed E-state index contributed by atoms with van der Waals surface area (Å²) in [6.07, 6.45) is 3.85. The summed E-state index contributed by atoms with van der Waals surface area (Å²) >= 11 is 14.3. The molecule has 2 aliphatic carbocycles. The van der Waals surface area contributed by atoms with Crippen molar-refractivity contribution in [3.05, 3.63) is 51.5 Å². The van der Waals surface area contributed by atoms with Crippen molar-refractivity contribution in [3.63, 3.8) is 0 Å². The van der Waals surface area contributed by atoms with E-state index in [-0.39, 0.29) is 35.0 Å². The number of carbonyl (C=O) groups excluding carboxylic acids is 1. The predicted octanol–water partition coefficient (Wildman–Crippen LogP) is 6.53. The largest absolute Gasteiger partial charge is 0.392 e. The summed E-state index contributed by atoms with van der Waals surface area (Å²) in [6, 6.07) is 5.41. The average Bonchev–Trinajstić information content (AvgIpc) is 3.18. The Morgan fingerprint density at radius 2 is 2.12 bits per heavy atom. The van der Waals surface area contributed by atoms with Gasteiger partial charge in [-0.1, -0.05) is 56.1 Å². The van der Waals surface area contributed by atoms with Gasteiger partial charge in [-0.05, 0) is 48.6 Å². The van der Waals surface area contributed by atoms with Gasteiger partial charge in [0.15, 0.2) is 5.13 Å². The molecule has 2 aromatic rings. The van der Waals surface area contributed by atoms with E-state index in [1.54, 1.807) is 41.5 Å². The van der Waals surface area contributed by atoms with Gasteiger partial charge in [-0.2, -0.15) is 0 Å². The van der Waals surface area contributed by atoms with Crippen molar-refractivity contribution in [2.45, 2.75) is 52.1 Å². The van der Waals surface area contributed by atoms with Crippen LogP contribution in [0.3, 0.4) is 0 Å². The minimum Gasteiger partial charge on any atom is -0.392 e. The number of hydrogen-bond donors (Lipinski definition) is 2. The lowest BCUT2D eigenvalue weighted by Gasteiger charge is -2.53. The quantitative estimate of drug-likeness (QED) is 0.424. The highest BCUT2D eigenvalue weighted by Crippen LogP contribution is 2.57. The highest BCUT2D eigenvalue weighted by Gasteiger charge is 2.54. The molecular weight excluding hydrogens is 489 g/mol. The number of likely N-dealkylation sites (N-methyl/N-ethyl adjacent to an activating group) is 1. The zero-order valence-corrected chi connectivity index (χ0v) is 22.5. The molecule has 1 fully saturated rings. The molecule has 8 heteroatoms. The smallest absolute Gasteiger partial charge is 0.225 e. The molecule has 0 aliphatic heterocycles. The van der Waals surface area contributed by atoms with Gasteiger partial charge in [0.1, 0.15) is 0 Å². The Balaban J connectivity index is 1.59. The maximum absolute atomic E-state index is 13.0. The van der Waals surface area contributed by atoms with E-state index in [0.29, 0.717) is 22.3 Å². The third kappa shape index (κ3) is 4.50. The van der Waals surface area contributed by atoms with Crippen LogP contribution in [0.15, 0.2) is 30.9 Å². The molecule has 6 atom stereocenters. The van der Waals surface area contributed by atoms with Crippen LogP contribution in [-0.2, 0) is 11.2 Å². The van der Waals surface area contributed by atoms with Crippen LogP contribution in [0.5, 0.6) is 0 Å². The first-order valence-electron chi connectivity index (χ1n) is 11.8.